The Morgan fingerprint density at radius 2 is 1.83 bits per heavy atom. The number of nitrogens with zero attached hydrogens (tertiary/aromatic N) is 2. The van der Waals surface area contributed by atoms with E-state index in [1.54, 1.807) is 23.5 Å². The molecule has 2 N–H and O–H groups in total. The van der Waals surface area contributed by atoms with E-state index in [1.807, 2.05) is 32.9 Å². The largest absolute Gasteiger partial charge is 0.377 e. The smallest absolute Gasteiger partial charge is 0.243 e. The van der Waals surface area contributed by atoms with E-state index in [1.165, 1.54) is 0 Å². The molecular formula is C20H35IN4O3S. The fraction of sp³-hybridized carbons (Fsp3) is 0.650. The van der Waals surface area contributed by atoms with Crippen molar-refractivity contribution in [2.45, 2.75) is 57.1 Å². The van der Waals surface area contributed by atoms with Crippen LogP contribution in [0, 0.1) is 0 Å². The molecule has 2 rings (SSSR count). The maximum Gasteiger partial charge on any atom is 0.243 e. The van der Waals surface area contributed by atoms with Crippen molar-refractivity contribution in [2.24, 2.45) is 4.99 Å². The van der Waals surface area contributed by atoms with Crippen LogP contribution in [-0.4, -0.2) is 57.6 Å². The van der Waals surface area contributed by atoms with Gasteiger partial charge in [-0.05, 0) is 45.2 Å². The van der Waals surface area contributed by atoms with Crippen LogP contribution in [-0.2, 0) is 21.3 Å². The molecule has 0 radical (unpaired) electrons. The van der Waals surface area contributed by atoms with Crippen LogP contribution in [0.5, 0.6) is 0 Å². The van der Waals surface area contributed by atoms with Gasteiger partial charge in [-0.3, -0.25) is 0 Å². The van der Waals surface area contributed by atoms with Crippen LogP contribution in [0.1, 0.15) is 45.6 Å². The average molecular weight is 538 g/mol. The van der Waals surface area contributed by atoms with Gasteiger partial charge in [-0.25, -0.2) is 13.4 Å². The standard InChI is InChI=1S/C20H34N4O3S.HI/c1-5-21-19(23-16-20(2,3)27-4)22-15-17-11-7-8-12-18(17)28(25,26)24-13-9-6-10-14-24;/h7-8,11-12H,5-6,9-10,13-16H2,1-4H3,(H2,21,22,23);1H. The monoisotopic (exact) mass is 538 g/mol. The number of methoxy groups -OCH3 is 1. The Balaban J connectivity index is 0.00000420. The van der Waals surface area contributed by atoms with Crippen molar-refractivity contribution in [3.63, 3.8) is 0 Å². The molecule has 1 fully saturated rings. The summed E-state index contributed by atoms with van der Waals surface area (Å²) in [6, 6.07) is 7.15. The van der Waals surface area contributed by atoms with Crippen LogP contribution in [0.25, 0.3) is 0 Å². The lowest BCUT2D eigenvalue weighted by Gasteiger charge is -2.26. The molecule has 7 nitrogen and oxygen atoms in total. The number of benzene rings is 1. The minimum absolute atomic E-state index is 0. The van der Waals surface area contributed by atoms with E-state index in [4.69, 9.17) is 4.74 Å². The molecule has 0 amide bonds. The summed E-state index contributed by atoms with van der Waals surface area (Å²) >= 11 is 0. The second kappa shape index (κ2) is 12.1. The number of aliphatic imine (C=N–C) groups is 1. The topological polar surface area (TPSA) is 83.0 Å². The van der Waals surface area contributed by atoms with Gasteiger partial charge in [-0.1, -0.05) is 24.6 Å². The van der Waals surface area contributed by atoms with Gasteiger partial charge < -0.3 is 15.4 Å². The summed E-state index contributed by atoms with van der Waals surface area (Å²) in [5, 5.41) is 6.45. The third-order valence-corrected chi connectivity index (χ3v) is 6.89. The molecule has 1 aliphatic heterocycles. The van der Waals surface area contributed by atoms with Crippen LogP contribution >= 0.6 is 24.0 Å². The van der Waals surface area contributed by atoms with Crippen molar-refractivity contribution in [2.75, 3.05) is 33.3 Å². The first kappa shape index (κ1) is 26.1. The van der Waals surface area contributed by atoms with Gasteiger partial charge in [0.25, 0.3) is 0 Å². The minimum atomic E-state index is -3.49. The molecular weight excluding hydrogens is 503 g/mol. The lowest BCUT2D eigenvalue weighted by atomic mass is 10.1. The van der Waals surface area contributed by atoms with Crippen molar-refractivity contribution < 1.29 is 13.2 Å². The first-order valence-corrected chi connectivity index (χ1v) is 11.4. The molecule has 0 unspecified atom stereocenters. The minimum Gasteiger partial charge on any atom is -0.377 e. The fourth-order valence-corrected chi connectivity index (χ4v) is 4.74. The number of sulfonamides is 1. The van der Waals surface area contributed by atoms with E-state index in [2.05, 4.69) is 15.6 Å². The van der Waals surface area contributed by atoms with Crippen LogP contribution < -0.4 is 10.6 Å². The summed E-state index contributed by atoms with van der Waals surface area (Å²) in [5.74, 6) is 0.637. The Morgan fingerprint density at radius 1 is 1.17 bits per heavy atom. The second-order valence-electron chi connectivity index (χ2n) is 7.59. The number of hydrogen-bond donors (Lipinski definition) is 2. The second-order valence-corrected chi connectivity index (χ2v) is 9.49. The van der Waals surface area contributed by atoms with Crippen molar-refractivity contribution in [3.8, 4) is 0 Å². The quantitative estimate of drug-likeness (QED) is 0.302. The summed E-state index contributed by atoms with van der Waals surface area (Å²) < 4.78 is 33.2. The molecule has 1 aromatic carbocycles. The molecule has 1 saturated heterocycles. The highest BCUT2D eigenvalue weighted by atomic mass is 127. The summed E-state index contributed by atoms with van der Waals surface area (Å²) in [6.45, 7) is 8.75. The predicted molar refractivity (Wildman–Crippen MR) is 128 cm³/mol. The predicted octanol–water partition coefficient (Wildman–Crippen LogP) is 2.96. The zero-order valence-corrected chi connectivity index (χ0v) is 21.0. The first-order valence-electron chi connectivity index (χ1n) is 9.95. The molecule has 0 spiro atoms. The van der Waals surface area contributed by atoms with Crippen molar-refractivity contribution in [1.82, 2.24) is 14.9 Å². The van der Waals surface area contributed by atoms with Gasteiger partial charge in [0.2, 0.25) is 10.0 Å². The van der Waals surface area contributed by atoms with E-state index < -0.39 is 10.0 Å². The Bertz CT molecular complexity index is 763. The number of hydrogen-bond acceptors (Lipinski definition) is 4. The Kier molecular flexibility index (Phi) is 10.9. The van der Waals surface area contributed by atoms with E-state index in [0.29, 0.717) is 42.6 Å². The lowest BCUT2D eigenvalue weighted by molar-refractivity contribution is 0.0268. The molecule has 0 saturated carbocycles. The molecule has 0 atom stereocenters. The fourth-order valence-electron chi connectivity index (χ4n) is 3.01. The summed E-state index contributed by atoms with van der Waals surface area (Å²) in [4.78, 5) is 4.95. The SMILES string of the molecule is CCNC(=NCc1ccccc1S(=O)(=O)N1CCCCC1)NCC(C)(C)OC.I. The number of rotatable bonds is 8. The van der Waals surface area contributed by atoms with E-state index in [-0.39, 0.29) is 36.1 Å². The Hall–Kier alpha value is -0.910. The van der Waals surface area contributed by atoms with Crippen LogP contribution in [0.2, 0.25) is 0 Å². The Labute approximate surface area is 192 Å². The molecule has 29 heavy (non-hydrogen) atoms. The van der Waals surface area contributed by atoms with Crippen LogP contribution in [0.3, 0.4) is 0 Å². The molecule has 1 heterocycles. The number of nitrogens with one attached hydrogen (secondary N) is 2. The molecule has 1 aromatic rings. The average Bonchev–Trinajstić information content (AvgIpc) is 2.71. The molecule has 0 aromatic heterocycles. The highest BCUT2D eigenvalue weighted by Gasteiger charge is 2.27. The van der Waals surface area contributed by atoms with E-state index in [0.717, 1.165) is 19.3 Å². The normalized spacial score (nSPS) is 16.2. The van der Waals surface area contributed by atoms with Crippen molar-refractivity contribution in [3.05, 3.63) is 29.8 Å². The van der Waals surface area contributed by atoms with E-state index >= 15 is 0 Å². The number of piperidine rings is 1. The summed E-state index contributed by atoms with van der Waals surface area (Å²) in [5.41, 5.74) is 0.377. The van der Waals surface area contributed by atoms with Gasteiger partial charge in [0.15, 0.2) is 5.96 Å². The van der Waals surface area contributed by atoms with Gasteiger partial charge in [0, 0.05) is 33.3 Å². The van der Waals surface area contributed by atoms with Crippen molar-refractivity contribution in [1.29, 1.82) is 0 Å². The molecule has 166 valence electrons. The zero-order valence-electron chi connectivity index (χ0n) is 17.9. The molecule has 9 heteroatoms. The summed E-state index contributed by atoms with van der Waals surface area (Å²) in [6.07, 6.45) is 2.93. The van der Waals surface area contributed by atoms with Gasteiger partial charge in [0.05, 0.1) is 17.0 Å². The highest BCUT2D eigenvalue weighted by Crippen LogP contribution is 2.24. The van der Waals surface area contributed by atoms with Gasteiger partial charge >= 0.3 is 0 Å². The number of halogens is 1. The molecule has 0 aliphatic carbocycles. The van der Waals surface area contributed by atoms with Gasteiger partial charge in [-0.2, -0.15) is 4.31 Å². The highest BCUT2D eigenvalue weighted by molar-refractivity contribution is 14.0. The summed E-state index contributed by atoms with van der Waals surface area (Å²) in [7, 11) is -1.82. The van der Waals surface area contributed by atoms with Crippen molar-refractivity contribution >= 4 is 40.0 Å². The number of guanidine groups is 1. The third kappa shape index (κ3) is 7.69. The molecule has 0 bridgehead atoms. The van der Waals surface area contributed by atoms with Crippen LogP contribution in [0.15, 0.2) is 34.2 Å². The zero-order chi connectivity index (χ0) is 20.6. The third-order valence-electron chi connectivity index (χ3n) is 4.89. The van der Waals surface area contributed by atoms with Gasteiger partial charge in [-0.15, -0.1) is 24.0 Å². The van der Waals surface area contributed by atoms with E-state index in [9.17, 15) is 8.42 Å². The maximum absolute atomic E-state index is 13.1. The van der Waals surface area contributed by atoms with Crippen LogP contribution in [0.4, 0.5) is 0 Å². The number of ether oxygens (including phenoxy) is 1. The molecule has 1 aliphatic rings. The maximum atomic E-state index is 13.1. The van der Waals surface area contributed by atoms with Gasteiger partial charge in [0.1, 0.15) is 0 Å². The Morgan fingerprint density at radius 3 is 2.45 bits per heavy atom. The first-order chi connectivity index (χ1) is 13.3. The lowest BCUT2D eigenvalue weighted by Crippen LogP contribution is -2.45.